The summed E-state index contributed by atoms with van der Waals surface area (Å²) in [6.45, 7) is 3.37. The number of hydrogen-bond acceptors (Lipinski definition) is 4. The van der Waals surface area contributed by atoms with Crippen molar-refractivity contribution in [2.45, 2.75) is 20.4 Å². The highest BCUT2D eigenvalue weighted by molar-refractivity contribution is 7.89. The zero-order valence-electron chi connectivity index (χ0n) is 11.3. The molecule has 0 heterocycles. The number of sulfonamides is 1. The molecular formula is C12H17ClN2O4S. The van der Waals surface area contributed by atoms with Gasteiger partial charge in [0.05, 0.1) is 10.7 Å². The highest BCUT2D eigenvalue weighted by Gasteiger charge is 2.17. The number of alkyl halides is 1. The third kappa shape index (κ3) is 4.73. The predicted molar refractivity (Wildman–Crippen MR) is 78.3 cm³/mol. The maximum atomic E-state index is 11.8. The molecule has 20 heavy (non-hydrogen) atoms. The summed E-state index contributed by atoms with van der Waals surface area (Å²) in [5, 5.41) is 10.8. The SMILES string of the molecule is Cc1c(CNS(=O)(=O)CC(C)CCl)cccc1[N+](=O)[O-]. The van der Waals surface area contributed by atoms with Crippen LogP contribution in [0.4, 0.5) is 5.69 Å². The summed E-state index contributed by atoms with van der Waals surface area (Å²) < 4.78 is 26.0. The first-order valence-electron chi connectivity index (χ1n) is 6.03. The van der Waals surface area contributed by atoms with Crippen molar-refractivity contribution in [1.29, 1.82) is 0 Å². The summed E-state index contributed by atoms with van der Waals surface area (Å²) >= 11 is 5.59. The van der Waals surface area contributed by atoms with Gasteiger partial charge in [-0.3, -0.25) is 10.1 Å². The fraction of sp³-hybridized carbons (Fsp3) is 0.500. The van der Waals surface area contributed by atoms with E-state index in [-0.39, 0.29) is 29.8 Å². The van der Waals surface area contributed by atoms with Crippen molar-refractivity contribution in [2.75, 3.05) is 11.6 Å². The van der Waals surface area contributed by atoms with E-state index < -0.39 is 14.9 Å². The monoisotopic (exact) mass is 320 g/mol. The molecular weight excluding hydrogens is 304 g/mol. The molecule has 0 saturated heterocycles. The van der Waals surface area contributed by atoms with Crippen LogP contribution < -0.4 is 4.72 Å². The van der Waals surface area contributed by atoms with Gasteiger partial charge in [-0.25, -0.2) is 13.1 Å². The Hall–Kier alpha value is -1.18. The first-order valence-corrected chi connectivity index (χ1v) is 8.21. The molecule has 6 nitrogen and oxygen atoms in total. The van der Waals surface area contributed by atoms with Crippen molar-refractivity contribution in [3.63, 3.8) is 0 Å². The maximum absolute atomic E-state index is 11.8. The van der Waals surface area contributed by atoms with E-state index in [4.69, 9.17) is 11.6 Å². The van der Waals surface area contributed by atoms with Crippen LogP contribution in [-0.4, -0.2) is 25.0 Å². The van der Waals surface area contributed by atoms with Gasteiger partial charge in [0, 0.05) is 24.1 Å². The van der Waals surface area contributed by atoms with Crippen molar-refractivity contribution in [1.82, 2.24) is 4.72 Å². The van der Waals surface area contributed by atoms with Crippen LogP contribution in [0.1, 0.15) is 18.1 Å². The molecule has 0 spiro atoms. The molecule has 1 unspecified atom stereocenters. The third-order valence-corrected chi connectivity index (χ3v) is 4.98. The lowest BCUT2D eigenvalue weighted by Gasteiger charge is -2.11. The number of nitrogens with one attached hydrogen (secondary N) is 1. The molecule has 0 amide bonds. The van der Waals surface area contributed by atoms with E-state index in [1.54, 1.807) is 19.9 Å². The molecule has 0 aromatic heterocycles. The number of nitrogens with zero attached hydrogens (tertiary/aromatic N) is 1. The minimum absolute atomic E-state index is 0.0178. The van der Waals surface area contributed by atoms with Crippen LogP contribution in [0, 0.1) is 23.0 Å². The molecule has 8 heteroatoms. The first kappa shape index (κ1) is 16.9. The van der Waals surface area contributed by atoms with Gasteiger partial charge >= 0.3 is 0 Å². The minimum Gasteiger partial charge on any atom is -0.258 e. The molecule has 1 atom stereocenters. The van der Waals surface area contributed by atoms with E-state index in [1.807, 2.05) is 0 Å². The van der Waals surface area contributed by atoms with Crippen molar-refractivity contribution < 1.29 is 13.3 Å². The Kier molecular flexibility index (Phi) is 5.91. The number of hydrogen-bond donors (Lipinski definition) is 1. The van der Waals surface area contributed by atoms with Gasteiger partial charge in [-0.05, 0) is 18.4 Å². The Morgan fingerprint density at radius 3 is 2.65 bits per heavy atom. The van der Waals surface area contributed by atoms with Crippen LogP contribution in [0.15, 0.2) is 18.2 Å². The molecule has 1 rings (SSSR count). The van der Waals surface area contributed by atoms with Crippen LogP contribution in [0.5, 0.6) is 0 Å². The summed E-state index contributed by atoms with van der Waals surface area (Å²) in [5.41, 5.74) is 1.03. The summed E-state index contributed by atoms with van der Waals surface area (Å²) in [5.74, 6) is 0.0432. The summed E-state index contributed by atoms with van der Waals surface area (Å²) in [6, 6.07) is 4.59. The standard InChI is InChI=1S/C12H17ClN2O4S/c1-9(6-13)8-20(18,19)14-7-11-4-3-5-12(10(11)2)15(16)17/h3-5,9,14H,6-8H2,1-2H3. The number of benzene rings is 1. The smallest absolute Gasteiger partial charge is 0.258 e. The lowest BCUT2D eigenvalue weighted by molar-refractivity contribution is -0.385. The first-order chi connectivity index (χ1) is 9.26. The van der Waals surface area contributed by atoms with E-state index >= 15 is 0 Å². The molecule has 0 saturated carbocycles. The highest BCUT2D eigenvalue weighted by atomic mass is 35.5. The molecule has 1 aromatic carbocycles. The van der Waals surface area contributed by atoms with E-state index in [1.165, 1.54) is 12.1 Å². The molecule has 112 valence electrons. The molecule has 0 bridgehead atoms. The van der Waals surface area contributed by atoms with Crippen LogP contribution in [0.2, 0.25) is 0 Å². The zero-order valence-corrected chi connectivity index (χ0v) is 12.9. The van der Waals surface area contributed by atoms with Crippen LogP contribution in [0.3, 0.4) is 0 Å². The molecule has 0 fully saturated rings. The summed E-state index contributed by atoms with van der Waals surface area (Å²) in [4.78, 5) is 10.3. The molecule has 0 radical (unpaired) electrons. The number of rotatable bonds is 7. The second kappa shape index (κ2) is 7.01. The zero-order chi connectivity index (χ0) is 15.3. The van der Waals surface area contributed by atoms with Gasteiger partial charge in [-0.2, -0.15) is 0 Å². The molecule has 0 aliphatic carbocycles. The summed E-state index contributed by atoms with van der Waals surface area (Å²) in [7, 11) is -3.45. The molecule has 1 N–H and O–H groups in total. The topological polar surface area (TPSA) is 89.3 Å². The number of halogens is 1. The van der Waals surface area contributed by atoms with E-state index in [9.17, 15) is 18.5 Å². The Morgan fingerprint density at radius 1 is 1.45 bits per heavy atom. The Bertz CT molecular complexity index is 589. The fourth-order valence-electron chi connectivity index (χ4n) is 1.72. The van der Waals surface area contributed by atoms with Gasteiger partial charge in [0.15, 0.2) is 0 Å². The number of nitro groups is 1. The maximum Gasteiger partial charge on any atom is 0.272 e. The molecule has 0 aliphatic rings. The second-order valence-electron chi connectivity index (χ2n) is 4.68. The number of nitro benzene ring substituents is 1. The second-order valence-corrected chi connectivity index (χ2v) is 6.84. The van der Waals surface area contributed by atoms with Gasteiger partial charge in [0.25, 0.3) is 5.69 Å². The van der Waals surface area contributed by atoms with Gasteiger partial charge in [-0.15, -0.1) is 11.6 Å². The van der Waals surface area contributed by atoms with Crippen LogP contribution in [0.25, 0.3) is 0 Å². The Balaban J connectivity index is 2.81. The van der Waals surface area contributed by atoms with Crippen molar-refractivity contribution in [2.24, 2.45) is 5.92 Å². The quantitative estimate of drug-likeness (QED) is 0.474. The Morgan fingerprint density at radius 2 is 2.10 bits per heavy atom. The van der Waals surface area contributed by atoms with Gasteiger partial charge in [0.2, 0.25) is 10.0 Å². The average Bonchev–Trinajstić information content (AvgIpc) is 2.36. The largest absolute Gasteiger partial charge is 0.272 e. The van der Waals surface area contributed by atoms with Crippen LogP contribution >= 0.6 is 11.6 Å². The van der Waals surface area contributed by atoms with Gasteiger partial charge < -0.3 is 0 Å². The lowest BCUT2D eigenvalue weighted by atomic mass is 10.1. The van der Waals surface area contributed by atoms with Crippen molar-refractivity contribution in [3.05, 3.63) is 39.4 Å². The summed E-state index contributed by atoms with van der Waals surface area (Å²) in [6.07, 6.45) is 0. The third-order valence-electron chi connectivity index (χ3n) is 2.86. The lowest BCUT2D eigenvalue weighted by Crippen LogP contribution is -2.29. The van der Waals surface area contributed by atoms with Crippen molar-refractivity contribution in [3.8, 4) is 0 Å². The highest BCUT2D eigenvalue weighted by Crippen LogP contribution is 2.21. The van der Waals surface area contributed by atoms with Crippen molar-refractivity contribution >= 4 is 27.3 Å². The van der Waals surface area contributed by atoms with Gasteiger partial charge in [0.1, 0.15) is 0 Å². The normalized spacial score (nSPS) is 13.2. The van der Waals surface area contributed by atoms with Crippen LogP contribution in [-0.2, 0) is 16.6 Å². The van der Waals surface area contributed by atoms with E-state index in [0.29, 0.717) is 11.1 Å². The van der Waals surface area contributed by atoms with Gasteiger partial charge in [-0.1, -0.05) is 19.1 Å². The van der Waals surface area contributed by atoms with E-state index in [0.717, 1.165) is 0 Å². The molecule has 0 aliphatic heterocycles. The minimum atomic E-state index is -3.45. The Labute approximate surface area is 123 Å². The fourth-order valence-corrected chi connectivity index (χ4v) is 3.32. The average molecular weight is 321 g/mol. The van der Waals surface area contributed by atoms with E-state index in [2.05, 4.69) is 4.72 Å². The molecule has 1 aromatic rings. The predicted octanol–water partition coefficient (Wildman–Crippen LogP) is 2.20.